The molecule has 2 heterocycles. The summed E-state index contributed by atoms with van der Waals surface area (Å²) in [4.78, 5) is 12.1. The summed E-state index contributed by atoms with van der Waals surface area (Å²) in [5.74, 6) is -0.321. The SMILES string of the molecule is CCOC(=O)C1(C2(O)CNC2)CCCOC1. The monoisotopic (exact) mass is 229 g/mol. The highest BCUT2D eigenvalue weighted by atomic mass is 16.5. The number of β-amino-alcohol motifs (C(OH)–C–C–N with tert-alkyl or cyclic N) is 1. The summed E-state index contributed by atoms with van der Waals surface area (Å²) in [6.45, 7) is 3.92. The van der Waals surface area contributed by atoms with E-state index in [4.69, 9.17) is 9.47 Å². The van der Waals surface area contributed by atoms with Crippen LogP contribution in [-0.4, -0.2) is 49.6 Å². The lowest BCUT2D eigenvalue weighted by molar-refractivity contribution is -0.204. The first-order chi connectivity index (χ1) is 7.65. The Morgan fingerprint density at radius 2 is 2.31 bits per heavy atom. The van der Waals surface area contributed by atoms with Gasteiger partial charge >= 0.3 is 5.97 Å². The molecule has 0 saturated carbocycles. The quantitative estimate of drug-likeness (QED) is 0.649. The van der Waals surface area contributed by atoms with E-state index >= 15 is 0 Å². The van der Waals surface area contributed by atoms with Crippen molar-refractivity contribution < 1.29 is 19.4 Å². The molecule has 92 valence electrons. The van der Waals surface area contributed by atoms with Gasteiger partial charge in [0.05, 0.1) is 13.2 Å². The van der Waals surface area contributed by atoms with Gasteiger partial charge in [0.2, 0.25) is 0 Å². The van der Waals surface area contributed by atoms with E-state index in [1.165, 1.54) is 0 Å². The zero-order valence-corrected chi connectivity index (χ0v) is 9.62. The minimum absolute atomic E-state index is 0.268. The molecule has 2 N–H and O–H groups in total. The fourth-order valence-electron chi connectivity index (χ4n) is 2.48. The van der Waals surface area contributed by atoms with Crippen LogP contribution in [0.2, 0.25) is 0 Å². The number of carbonyl (C=O) groups excluding carboxylic acids is 1. The van der Waals surface area contributed by atoms with E-state index in [0.717, 1.165) is 6.42 Å². The van der Waals surface area contributed by atoms with E-state index in [1.807, 2.05) is 0 Å². The first kappa shape index (κ1) is 11.8. The van der Waals surface area contributed by atoms with Crippen LogP contribution < -0.4 is 5.32 Å². The second kappa shape index (κ2) is 4.31. The van der Waals surface area contributed by atoms with Crippen molar-refractivity contribution in [3.63, 3.8) is 0 Å². The van der Waals surface area contributed by atoms with Crippen molar-refractivity contribution in [1.29, 1.82) is 0 Å². The standard InChI is InChI=1S/C11H19NO4/c1-2-16-9(13)10(4-3-5-15-8-10)11(14)6-12-7-11/h12,14H,2-8H2,1H3. The molecule has 0 aromatic heterocycles. The van der Waals surface area contributed by atoms with Gasteiger partial charge in [-0.05, 0) is 19.8 Å². The zero-order chi connectivity index (χ0) is 11.6. The molecule has 0 aromatic carbocycles. The normalized spacial score (nSPS) is 32.9. The van der Waals surface area contributed by atoms with Gasteiger partial charge in [0.25, 0.3) is 0 Å². The molecule has 0 radical (unpaired) electrons. The molecular formula is C11H19NO4. The highest BCUT2D eigenvalue weighted by molar-refractivity contribution is 5.79. The second-order valence-electron chi connectivity index (χ2n) is 4.59. The van der Waals surface area contributed by atoms with E-state index in [1.54, 1.807) is 6.92 Å². The lowest BCUT2D eigenvalue weighted by atomic mass is 9.65. The van der Waals surface area contributed by atoms with Crippen LogP contribution in [0.5, 0.6) is 0 Å². The molecule has 0 aromatic rings. The molecule has 0 spiro atoms. The maximum absolute atomic E-state index is 12.1. The van der Waals surface area contributed by atoms with Gasteiger partial charge in [-0.2, -0.15) is 0 Å². The van der Waals surface area contributed by atoms with Crippen molar-refractivity contribution in [3.05, 3.63) is 0 Å². The van der Waals surface area contributed by atoms with E-state index in [-0.39, 0.29) is 12.6 Å². The summed E-state index contributed by atoms with van der Waals surface area (Å²) in [5.41, 5.74) is -1.87. The van der Waals surface area contributed by atoms with Gasteiger partial charge in [-0.25, -0.2) is 0 Å². The molecule has 2 rings (SSSR count). The third-order valence-corrected chi connectivity index (χ3v) is 3.63. The van der Waals surface area contributed by atoms with Crippen LogP contribution in [0.25, 0.3) is 0 Å². The predicted molar refractivity (Wildman–Crippen MR) is 56.9 cm³/mol. The summed E-state index contributed by atoms with van der Waals surface area (Å²) < 4.78 is 10.5. The van der Waals surface area contributed by atoms with Crippen molar-refractivity contribution in [2.24, 2.45) is 5.41 Å². The lowest BCUT2D eigenvalue weighted by Crippen LogP contribution is -2.72. The van der Waals surface area contributed by atoms with Gasteiger partial charge in [0.15, 0.2) is 0 Å². The Kier molecular flexibility index (Phi) is 3.19. The fourth-order valence-corrected chi connectivity index (χ4v) is 2.48. The minimum atomic E-state index is -1.00. The molecule has 5 nitrogen and oxygen atoms in total. The predicted octanol–water partition coefficient (Wildman–Crippen LogP) is -0.319. The molecule has 2 aliphatic heterocycles. The summed E-state index contributed by atoms with van der Waals surface area (Å²) in [6.07, 6.45) is 1.44. The highest BCUT2D eigenvalue weighted by Gasteiger charge is 2.60. The van der Waals surface area contributed by atoms with Crippen LogP contribution in [0.15, 0.2) is 0 Å². The number of nitrogens with one attached hydrogen (secondary N) is 1. The molecule has 0 aliphatic carbocycles. The first-order valence-electron chi connectivity index (χ1n) is 5.83. The van der Waals surface area contributed by atoms with E-state index in [9.17, 15) is 9.90 Å². The Bertz CT molecular complexity index is 269. The molecule has 0 bridgehead atoms. The number of ether oxygens (including phenoxy) is 2. The van der Waals surface area contributed by atoms with Crippen LogP contribution in [0.1, 0.15) is 19.8 Å². The number of hydrogen-bond acceptors (Lipinski definition) is 5. The van der Waals surface area contributed by atoms with Gasteiger partial charge in [-0.3, -0.25) is 4.79 Å². The number of aliphatic hydroxyl groups is 1. The molecule has 5 heteroatoms. The van der Waals surface area contributed by atoms with Gasteiger partial charge in [-0.1, -0.05) is 0 Å². The Hall–Kier alpha value is -0.650. The fraction of sp³-hybridized carbons (Fsp3) is 0.909. The van der Waals surface area contributed by atoms with Crippen molar-refractivity contribution in [1.82, 2.24) is 5.32 Å². The van der Waals surface area contributed by atoms with Crippen molar-refractivity contribution in [3.8, 4) is 0 Å². The van der Waals surface area contributed by atoms with Crippen LogP contribution in [0.4, 0.5) is 0 Å². The molecule has 2 aliphatic rings. The molecule has 0 amide bonds. The number of esters is 1. The Morgan fingerprint density at radius 3 is 2.75 bits per heavy atom. The van der Waals surface area contributed by atoms with Crippen LogP contribution in [0, 0.1) is 5.41 Å². The second-order valence-corrected chi connectivity index (χ2v) is 4.59. The molecule has 1 unspecified atom stereocenters. The molecule has 2 saturated heterocycles. The highest BCUT2D eigenvalue weighted by Crippen LogP contribution is 2.42. The smallest absolute Gasteiger partial charge is 0.317 e. The third kappa shape index (κ3) is 1.63. The van der Waals surface area contributed by atoms with Crippen molar-refractivity contribution in [2.75, 3.05) is 32.9 Å². The molecular weight excluding hydrogens is 210 g/mol. The van der Waals surface area contributed by atoms with Gasteiger partial charge in [0.1, 0.15) is 11.0 Å². The maximum atomic E-state index is 12.1. The summed E-state index contributed by atoms with van der Waals surface area (Å²) in [6, 6.07) is 0. The largest absolute Gasteiger partial charge is 0.465 e. The number of hydrogen-bond donors (Lipinski definition) is 2. The Balaban J connectivity index is 2.20. The van der Waals surface area contributed by atoms with Crippen molar-refractivity contribution >= 4 is 5.97 Å². The average molecular weight is 229 g/mol. The molecule has 2 fully saturated rings. The van der Waals surface area contributed by atoms with E-state index in [2.05, 4.69) is 5.32 Å². The van der Waals surface area contributed by atoms with Gasteiger partial charge in [-0.15, -0.1) is 0 Å². The summed E-state index contributed by atoms with van der Waals surface area (Å²) >= 11 is 0. The maximum Gasteiger partial charge on any atom is 0.317 e. The summed E-state index contributed by atoms with van der Waals surface area (Å²) in [7, 11) is 0. The Labute approximate surface area is 95.1 Å². The molecule has 1 atom stereocenters. The average Bonchev–Trinajstić information content (AvgIpc) is 2.27. The van der Waals surface area contributed by atoms with E-state index in [0.29, 0.717) is 32.7 Å². The minimum Gasteiger partial charge on any atom is -0.465 e. The topological polar surface area (TPSA) is 67.8 Å². The number of carbonyl (C=O) groups is 1. The molecule has 16 heavy (non-hydrogen) atoms. The first-order valence-corrected chi connectivity index (χ1v) is 5.83. The van der Waals surface area contributed by atoms with Gasteiger partial charge < -0.3 is 19.9 Å². The number of rotatable bonds is 3. The summed E-state index contributed by atoms with van der Waals surface area (Å²) in [5, 5.41) is 13.4. The zero-order valence-electron chi connectivity index (χ0n) is 9.62. The van der Waals surface area contributed by atoms with Crippen LogP contribution >= 0.6 is 0 Å². The lowest BCUT2D eigenvalue weighted by Gasteiger charge is -2.52. The van der Waals surface area contributed by atoms with Crippen molar-refractivity contribution in [2.45, 2.75) is 25.4 Å². The van der Waals surface area contributed by atoms with Crippen LogP contribution in [0.3, 0.4) is 0 Å². The Morgan fingerprint density at radius 1 is 1.56 bits per heavy atom. The van der Waals surface area contributed by atoms with Crippen LogP contribution in [-0.2, 0) is 14.3 Å². The third-order valence-electron chi connectivity index (χ3n) is 3.63. The van der Waals surface area contributed by atoms with Gasteiger partial charge in [0, 0.05) is 19.7 Å². The van der Waals surface area contributed by atoms with E-state index < -0.39 is 11.0 Å².